The monoisotopic (exact) mass is 328 g/mol. The second kappa shape index (κ2) is 5.94. The van der Waals surface area contributed by atoms with Crippen molar-refractivity contribution in [2.24, 2.45) is 5.92 Å². The van der Waals surface area contributed by atoms with Crippen LogP contribution in [0, 0.1) is 5.92 Å². The average molecular weight is 328 g/mol. The van der Waals surface area contributed by atoms with Crippen molar-refractivity contribution in [3.05, 3.63) is 0 Å². The van der Waals surface area contributed by atoms with Crippen molar-refractivity contribution in [3.8, 4) is 0 Å². The lowest BCUT2D eigenvalue weighted by molar-refractivity contribution is -0.503. The lowest BCUT2D eigenvalue weighted by Gasteiger charge is -2.53. The topological polar surface area (TPSA) is 85.9 Å². The summed E-state index contributed by atoms with van der Waals surface area (Å²) in [6.45, 7) is 11.4. The zero-order chi connectivity index (χ0) is 17.5. The number of carbonyl (C=O) groups excluding carboxylic acids is 2. The molecular formula is C16H28N2O5. The number of amides is 2. The van der Waals surface area contributed by atoms with Gasteiger partial charge in [0.1, 0.15) is 11.5 Å². The molecule has 23 heavy (non-hydrogen) atoms. The van der Waals surface area contributed by atoms with Crippen LogP contribution in [0.1, 0.15) is 54.4 Å². The molecule has 1 aliphatic heterocycles. The molecule has 0 radical (unpaired) electrons. The maximum absolute atomic E-state index is 12.5. The molecule has 1 saturated heterocycles. The standard InChI is InChI=1S/C16H28N2O5/c1-7-17-12(19)11-10(18-13(20)21-14(2,3)4)8-9-16(11)22-15(5,6)23-16/h10-11H,7-9H2,1-6H3,(H,17,19)(H,18,20)/t10-,11-/m0/s1. The van der Waals surface area contributed by atoms with Crippen LogP contribution in [0.15, 0.2) is 0 Å². The Kier molecular flexibility index (Phi) is 4.65. The minimum atomic E-state index is -0.956. The van der Waals surface area contributed by atoms with E-state index in [9.17, 15) is 9.59 Å². The molecule has 2 atom stereocenters. The number of nitrogens with one attached hydrogen (secondary N) is 2. The van der Waals surface area contributed by atoms with Gasteiger partial charge < -0.3 is 24.8 Å². The quantitative estimate of drug-likeness (QED) is 0.826. The second-order valence-electron chi connectivity index (χ2n) is 7.58. The molecule has 132 valence electrons. The van der Waals surface area contributed by atoms with Gasteiger partial charge in [0.15, 0.2) is 11.6 Å². The molecule has 2 aliphatic rings. The summed E-state index contributed by atoms with van der Waals surface area (Å²) in [6, 6.07) is -0.382. The van der Waals surface area contributed by atoms with E-state index in [-0.39, 0.29) is 11.9 Å². The molecule has 7 heteroatoms. The molecule has 2 N–H and O–H groups in total. The van der Waals surface area contributed by atoms with E-state index in [4.69, 9.17) is 14.2 Å². The lowest BCUT2D eigenvalue weighted by atomic mass is 9.94. The van der Waals surface area contributed by atoms with Gasteiger partial charge in [-0.1, -0.05) is 0 Å². The molecule has 1 saturated carbocycles. The largest absolute Gasteiger partial charge is 0.444 e. The summed E-state index contributed by atoms with van der Waals surface area (Å²) in [5.41, 5.74) is -0.590. The minimum absolute atomic E-state index is 0.179. The minimum Gasteiger partial charge on any atom is -0.444 e. The summed E-state index contributed by atoms with van der Waals surface area (Å²) in [5, 5.41) is 5.59. The summed E-state index contributed by atoms with van der Waals surface area (Å²) in [4.78, 5) is 24.5. The van der Waals surface area contributed by atoms with Gasteiger partial charge in [0, 0.05) is 19.0 Å². The van der Waals surface area contributed by atoms with Crippen LogP contribution in [0.5, 0.6) is 0 Å². The molecule has 2 fully saturated rings. The fourth-order valence-electron chi connectivity index (χ4n) is 3.34. The van der Waals surface area contributed by atoms with E-state index in [1.807, 2.05) is 20.8 Å². The summed E-state index contributed by atoms with van der Waals surface area (Å²) in [6.07, 6.45) is 0.614. The molecule has 1 heterocycles. The van der Waals surface area contributed by atoms with Crippen LogP contribution in [-0.4, -0.2) is 41.8 Å². The Balaban J connectivity index is 2.10. The first-order valence-electron chi connectivity index (χ1n) is 8.15. The zero-order valence-corrected chi connectivity index (χ0v) is 14.8. The van der Waals surface area contributed by atoms with Gasteiger partial charge in [-0.05, 0) is 48.0 Å². The molecule has 1 aliphatic carbocycles. The van der Waals surface area contributed by atoms with Crippen molar-refractivity contribution < 1.29 is 23.8 Å². The number of carbonyl (C=O) groups is 2. The number of rotatable bonds is 3. The predicted octanol–water partition coefficient (Wildman–Crippen LogP) is 1.90. The Labute approximate surface area is 137 Å². The maximum atomic E-state index is 12.5. The second-order valence-corrected chi connectivity index (χ2v) is 7.58. The number of hydrogen-bond donors (Lipinski definition) is 2. The van der Waals surface area contributed by atoms with Crippen LogP contribution in [0.25, 0.3) is 0 Å². The maximum Gasteiger partial charge on any atom is 0.407 e. The summed E-state index contributed by atoms with van der Waals surface area (Å²) >= 11 is 0. The van der Waals surface area contributed by atoms with E-state index in [0.29, 0.717) is 19.4 Å². The smallest absolute Gasteiger partial charge is 0.407 e. The normalized spacial score (nSPS) is 28.1. The van der Waals surface area contributed by atoms with Crippen LogP contribution in [0.4, 0.5) is 4.79 Å². The Morgan fingerprint density at radius 2 is 1.87 bits per heavy atom. The van der Waals surface area contributed by atoms with Crippen molar-refractivity contribution in [2.75, 3.05) is 6.54 Å². The first kappa shape index (κ1) is 18.0. The van der Waals surface area contributed by atoms with Crippen LogP contribution < -0.4 is 10.6 Å². The molecule has 0 aromatic rings. The first-order valence-corrected chi connectivity index (χ1v) is 8.15. The third kappa shape index (κ3) is 3.95. The Morgan fingerprint density at radius 1 is 1.26 bits per heavy atom. The highest BCUT2D eigenvalue weighted by Gasteiger charge is 2.64. The van der Waals surface area contributed by atoms with Gasteiger partial charge in [-0.25, -0.2) is 4.79 Å². The highest BCUT2D eigenvalue weighted by molar-refractivity contribution is 5.82. The zero-order valence-electron chi connectivity index (χ0n) is 14.8. The number of alkyl carbamates (subject to hydrolysis) is 1. The van der Waals surface area contributed by atoms with Gasteiger partial charge in [-0.15, -0.1) is 0 Å². The highest BCUT2D eigenvalue weighted by atomic mass is 16.9. The van der Waals surface area contributed by atoms with Gasteiger partial charge in [0.25, 0.3) is 0 Å². The van der Waals surface area contributed by atoms with Crippen molar-refractivity contribution >= 4 is 12.0 Å². The van der Waals surface area contributed by atoms with Gasteiger partial charge in [0.05, 0.1) is 0 Å². The molecule has 7 nitrogen and oxygen atoms in total. The van der Waals surface area contributed by atoms with E-state index >= 15 is 0 Å². The van der Waals surface area contributed by atoms with Crippen LogP contribution in [0.2, 0.25) is 0 Å². The van der Waals surface area contributed by atoms with Crippen molar-refractivity contribution in [2.45, 2.75) is 77.6 Å². The highest BCUT2D eigenvalue weighted by Crippen LogP contribution is 2.51. The van der Waals surface area contributed by atoms with E-state index in [1.165, 1.54) is 0 Å². The van der Waals surface area contributed by atoms with Crippen molar-refractivity contribution in [1.29, 1.82) is 0 Å². The first-order chi connectivity index (χ1) is 10.5. The molecule has 1 spiro atoms. The van der Waals surface area contributed by atoms with Crippen molar-refractivity contribution in [1.82, 2.24) is 10.6 Å². The Hall–Kier alpha value is -1.34. The molecular weight excluding hydrogens is 300 g/mol. The summed E-state index contributed by atoms with van der Waals surface area (Å²) in [5.74, 6) is -2.43. The van der Waals surface area contributed by atoms with Gasteiger partial charge in [-0.2, -0.15) is 0 Å². The number of hydrogen-bond acceptors (Lipinski definition) is 5. The molecule has 2 rings (SSSR count). The Morgan fingerprint density at radius 3 is 2.35 bits per heavy atom. The van der Waals surface area contributed by atoms with Gasteiger partial charge in [-0.3, -0.25) is 4.79 Å². The van der Waals surface area contributed by atoms with E-state index in [2.05, 4.69) is 10.6 Å². The van der Waals surface area contributed by atoms with E-state index in [1.54, 1.807) is 20.8 Å². The fraction of sp³-hybridized carbons (Fsp3) is 0.875. The van der Waals surface area contributed by atoms with Crippen molar-refractivity contribution in [3.63, 3.8) is 0 Å². The molecule has 0 aromatic heterocycles. The van der Waals surface area contributed by atoms with Crippen LogP contribution in [0.3, 0.4) is 0 Å². The lowest BCUT2D eigenvalue weighted by Crippen LogP contribution is -2.66. The Bertz CT molecular complexity index is 475. The fourth-order valence-corrected chi connectivity index (χ4v) is 3.34. The molecule has 0 aromatic carbocycles. The molecule has 2 amide bonds. The third-order valence-electron chi connectivity index (χ3n) is 3.85. The molecule has 0 bridgehead atoms. The van der Waals surface area contributed by atoms with E-state index < -0.39 is 29.2 Å². The number of ether oxygens (including phenoxy) is 3. The predicted molar refractivity (Wildman–Crippen MR) is 83.5 cm³/mol. The third-order valence-corrected chi connectivity index (χ3v) is 3.85. The van der Waals surface area contributed by atoms with Crippen LogP contribution in [-0.2, 0) is 19.0 Å². The van der Waals surface area contributed by atoms with E-state index in [0.717, 1.165) is 0 Å². The van der Waals surface area contributed by atoms with Gasteiger partial charge >= 0.3 is 6.09 Å². The SMILES string of the molecule is CCNC(=O)[C@@H]1[C@@H](NC(=O)OC(C)(C)C)CCC12OC(C)(C)O2. The van der Waals surface area contributed by atoms with Gasteiger partial charge in [0.2, 0.25) is 5.91 Å². The van der Waals surface area contributed by atoms with Crippen LogP contribution >= 0.6 is 0 Å². The summed E-state index contributed by atoms with van der Waals surface area (Å²) in [7, 11) is 0. The molecule has 0 unspecified atom stereocenters. The summed E-state index contributed by atoms with van der Waals surface area (Å²) < 4.78 is 17.1. The average Bonchev–Trinajstić information content (AvgIpc) is 2.64.